The second-order valence-corrected chi connectivity index (χ2v) is 7.13. The lowest BCUT2D eigenvalue weighted by atomic mass is 10.2. The number of ether oxygens (including phenoxy) is 1. The van der Waals surface area contributed by atoms with E-state index in [-0.39, 0.29) is 24.0 Å². The van der Waals surface area contributed by atoms with Crippen LogP contribution in [-0.4, -0.2) is 34.3 Å². The van der Waals surface area contributed by atoms with Gasteiger partial charge < -0.3 is 15.4 Å². The van der Waals surface area contributed by atoms with Crippen molar-refractivity contribution >= 4 is 29.9 Å². The van der Waals surface area contributed by atoms with E-state index in [0.717, 1.165) is 42.3 Å². The molecule has 3 rings (SSSR count). The molecule has 0 spiro atoms. The molecule has 0 atom stereocenters. The lowest BCUT2D eigenvalue weighted by Crippen LogP contribution is -2.37. The van der Waals surface area contributed by atoms with E-state index in [0.29, 0.717) is 19.0 Å². The average Bonchev–Trinajstić information content (AvgIpc) is 3.09. The van der Waals surface area contributed by atoms with Crippen LogP contribution in [0.5, 0.6) is 5.88 Å². The van der Waals surface area contributed by atoms with Gasteiger partial charge in [-0.3, -0.25) is 9.67 Å². The number of aryl methyl sites for hydroxylation is 3. The minimum atomic E-state index is 0. The van der Waals surface area contributed by atoms with Crippen molar-refractivity contribution in [2.45, 2.75) is 40.0 Å². The highest BCUT2D eigenvalue weighted by molar-refractivity contribution is 14.0. The zero-order chi connectivity index (χ0) is 21.2. The van der Waals surface area contributed by atoms with Gasteiger partial charge in [0.1, 0.15) is 6.61 Å². The molecule has 0 aliphatic heterocycles. The maximum Gasteiger partial charge on any atom is 0.213 e. The highest BCUT2D eigenvalue weighted by atomic mass is 127. The van der Waals surface area contributed by atoms with E-state index >= 15 is 0 Å². The minimum Gasteiger partial charge on any atom is -0.473 e. The number of guanidine groups is 1. The molecule has 0 bridgehead atoms. The van der Waals surface area contributed by atoms with Gasteiger partial charge in [-0.25, -0.2) is 4.98 Å². The van der Waals surface area contributed by atoms with Crippen LogP contribution >= 0.6 is 24.0 Å². The van der Waals surface area contributed by atoms with Crippen molar-refractivity contribution in [2.24, 2.45) is 4.99 Å². The van der Waals surface area contributed by atoms with Gasteiger partial charge in [0.05, 0.1) is 5.69 Å². The first-order valence-corrected chi connectivity index (χ1v) is 10.2. The normalized spacial score (nSPS) is 11.0. The highest BCUT2D eigenvalue weighted by Gasteiger charge is 2.03. The molecule has 2 heterocycles. The van der Waals surface area contributed by atoms with E-state index in [2.05, 4.69) is 38.7 Å². The van der Waals surface area contributed by atoms with Crippen molar-refractivity contribution in [1.29, 1.82) is 0 Å². The number of hydrogen-bond donors (Lipinski definition) is 2. The molecule has 0 radical (unpaired) electrons. The quantitative estimate of drug-likeness (QED) is 0.189. The summed E-state index contributed by atoms with van der Waals surface area (Å²) in [5.41, 5.74) is 4.45. The Labute approximate surface area is 201 Å². The number of aliphatic imine (C=N–C) groups is 1. The molecule has 0 fully saturated rings. The maximum atomic E-state index is 5.81. The molecular weight excluding hydrogens is 503 g/mol. The van der Waals surface area contributed by atoms with Gasteiger partial charge in [0.15, 0.2) is 5.96 Å². The Kier molecular flexibility index (Phi) is 10.3. The lowest BCUT2D eigenvalue weighted by molar-refractivity contribution is 0.293. The van der Waals surface area contributed by atoms with Crippen LogP contribution in [0, 0.1) is 13.8 Å². The van der Waals surface area contributed by atoms with Crippen LogP contribution in [0.15, 0.2) is 59.7 Å². The van der Waals surface area contributed by atoms with Crippen molar-refractivity contribution in [3.8, 4) is 5.88 Å². The van der Waals surface area contributed by atoms with Gasteiger partial charge in [0.2, 0.25) is 5.88 Å². The third-order valence-corrected chi connectivity index (χ3v) is 4.65. The van der Waals surface area contributed by atoms with E-state index in [1.54, 1.807) is 13.2 Å². The van der Waals surface area contributed by atoms with Crippen molar-refractivity contribution < 1.29 is 4.74 Å². The van der Waals surface area contributed by atoms with Crippen molar-refractivity contribution in [3.63, 3.8) is 0 Å². The number of aromatic nitrogens is 3. The summed E-state index contributed by atoms with van der Waals surface area (Å²) < 4.78 is 7.85. The van der Waals surface area contributed by atoms with Crippen LogP contribution in [0.2, 0.25) is 0 Å². The second kappa shape index (κ2) is 12.9. The molecule has 0 aliphatic rings. The van der Waals surface area contributed by atoms with Crippen LogP contribution in [0.1, 0.15) is 28.9 Å². The molecule has 0 amide bonds. The second-order valence-electron chi connectivity index (χ2n) is 7.13. The Morgan fingerprint density at radius 2 is 1.87 bits per heavy atom. The zero-order valence-corrected chi connectivity index (χ0v) is 20.7. The van der Waals surface area contributed by atoms with E-state index in [1.165, 1.54) is 5.69 Å². The molecular formula is C23H31IN6O. The van der Waals surface area contributed by atoms with E-state index in [9.17, 15) is 0 Å². The van der Waals surface area contributed by atoms with E-state index in [4.69, 9.17) is 4.74 Å². The fraction of sp³-hybridized carbons (Fsp3) is 0.348. The highest BCUT2D eigenvalue weighted by Crippen LogP contribution is 2.11. The molecule has 1 aromatic carbocycles. The predicted octanol–water partition coefficient (Wildman–Crippen LogP) is 3.85. The Hall–Kier alpha value is -2.62. The zero-order valence-electron chi connectivity index (χ0n) is 18.3. The molecule has 8 heteroatoms. The van der Waals surface area contributed by atoms with Crippen LogP contribution in [0.3, 0.4) is 0 Å². The number of pyridine rings is 1. The molecule has 0 saturated carbocycles. The van der Waals surface area contributed by atoms with Gasteiger partial charge in [0, 0.05) is 44.6 Å². The summed E-state index contributed by atoms with van der Waals surface area (Å²) >= 11 is 0. The fourth-order valence-corrected chi connectivity index (χ4v) is 3.11. The molecule has 2 aromatic heterocycles. The van der Waals surface area contributed by atoms with Gasteiger partial charge in [0.25, 0.3) is 0 Å². The summed E-state index contributed by atoms with van der Waals surface area (Å²) in [5.74, 6) is 1.39. The molecule has 0 unspecified atom stereocenters. The monoisotopic (exact) mass is 534 g/mol. The van der Waals surface area contributed by atoms with Gasteiger partial charge >= 0.3 is 0 Å². The summed E-state index contributed by atoms with van der Waals surface area (Å²) in [6, 6.07) is 16.1. The van der Waals surface area contributed by atoms with E-state index in [1.807, 2.05) is 54.1 Å². The number of hydrogen-bond acceptors (Lipinski definition) is 4. The number of benzene rings is 1. The minimum absolute atomic E-state index is 0. The SMILES string of the molecule is CN=C(NCCCn1nc(C)cc1C)NCc1ccnc(OCc2ccccc2)c1.I. The predicted molar refractivity (Wildman–Crippen MR) is 135 cm³/mol. The van der Waals surface area contributed by atoms with Gasteiger partial charge in [-0.05, 0) is 43.5 Å². The van der Waals surface area contributed by atoms with Crippen LogP contribution in [-0.2, 0) is 19.7 Å². The molecule has 31 heavy (non-hydrogen) atoms. The first kappa shape index (κ1) is 24.6. The number of nitrogens with one attached hydrogen (secondary N) is 2. The van der Waals surface area contributed by atoms with Crippen molar-refractivity contribution in [3.05, 3.63) is 77.2 Å². The average molecular weight is 534 g/mol. The summed E-state index contributed by atoms with van der Waals surface area (Å²) in [4.78, 5) is 8.59. The maximum absolute atomic E-state index is 5.81. The Morgan fingerprint density at radius 1 is 1.06 bits per heavy atom. The van der Waals surface area contributed by atoms with Gasteiger partial charge in [-0.1, -0.05) is 30.3 Å². The molecule has 3 aromatic rings. The third-order valence-electron chi connectivity index (χ3n) is 4.65. The van der Waals surface area contributed by atoms with Crippen LogP contribution < -0.4 is 15.4 Å². The molecule has 0 aliphatic carbocycles. The first-order valence-electron chi connectivity index (χ1n) is 10.2. The Balaban J connectivity index is 0.00000341. The number of halogens is 1. The molecule has 166 valence electrons. The third kappa shape index (κ3) is 8.20. The molecule has 2 N–H and O–H groups in total. The van der Waals surface area contributed by atoms with Gasteiger partial charge in [-0.15, -0.1) is 24.0 Å². The fourth-order valence-electron chi connectivity index (χ4n) is 3.11. The standard InChI is InChI=1S/C23H30N6O.HI/c1-18-14-19(2)29(28-18)13-7-11-26-23(24-3)27-16-21-10-12-25-22(15-21)30-17-20-8-5-4-6-9-20;/h4-6,8-10,12,14-15H,7,11,13,16-17H2,1-3H3,(H2,24,26,27);1H. The van der Waals surface area contributed by atoms with Crippen molar-refractivity contribution in [1.82, 2.24) is 25.4 Å². The Bertz CT molecular complexity index is 958. The first-order chi connectivity index (χ1) is 14.6. The van der Waals surface area contributed by atoms with Crippen LogP contribution in [0.4, 0.5) is 0 Å². The van der Waals surface area contributed by atoms with E-state index < -0.39 is 0 Å². The summed E-state index contributed by atoms with van der Waals surface area (Å²) in [5, 5.41) is 11.2. The molecule has 0 saturated heterocycles. The lowest BCUT2D eigenvalue weighted by Gasteiger charge is -2.13. The van der Waals surface area contributed by atoms with Gasteiger partial charge in [-0.2, -0.15) is 5.10 Å². The van der Waals surface area contributed by atoms with Crippen molar-refractivity contribution in [2.75, 3.05) is 13.6 Å². The summed E-state index contributed by atoms with van der Waals surface area (Å²) in [6.45, 7) is 6.95. The smallest absolute Gasteiger partial charge is 0.213 e. The largest absolute Gasteiger partial charge is 0.473 e. The summed E-state index contributed by atoms with van der Waals surface area (Å²) in [7, 11) is 1.78. The topological polar surface area (TPSA) is 76.4 Å². The summed E-state index contributed by atoms with van der Waals surface area (Å²) in [6.07, 6.45) is 2.73. The van der Waals surface area contributed by atoms with Crippen LogP contribution in [0.25, 0.3) is 0 Å². The molecule has 7 nitrogen and oxygen atoms in total. The number of rotatable bonds is 9. The Morgan fingerprint density at radius 3 is 2.58 bits per heavy atom. The number of nitrogens with zero attached hydrogens (tertiary/aromatic N) is 4.